The van der Waals surface area contributed by atoms with E-state index in [-0.39, 0.29) is 5.82 Å². The van der Waals surface area contributed by atoms with E-state index in [0.717, 1.165) is 13.1 Å². The van der Waals surface area contributed by atoms with Crippen molar-refractivity contribution in [2.24, 2.45) is 5.84 Å². The minimum absolute atomic E-state index is 0.178. The van der Waals surface area contributed by atoms with Crippen LogP contribution in [0.3, 0.4) is 0 Å². The SMILES string of the molecule is FCF.Fc1ccccc1.NN1CCCCC1. The van der Waals surface area contributed by atoms with Crippen LogP contribution < -0.4 is 5.84 Å². The average molecular weight is 248 g/mol. The van der Waals surface area contributed by atoms with Crippen molar-refractivity contribution in [1.82, 2.24) is 5.01 Å². The summed E-state index contributed by atoms with van der Waals surface area (Å²) in [5, 5.41) is 1.89. The smallest absolute Gasteiger partial charge is 0.229 e. The van der Waals surface area contributed by atoms with E-state index in [1.54, 1.807) is 18.2 Å². The lowest BCUT2D eigenvalue weighted by Gasteiger charge is -2.20. The fourth-order valence-corrected chi connectivity index (χ4v) is 1.33. The average Bonchev–Trinajstić information content (AvgIpc) is 2.33. The third-order valence-electron chi connectivity index (χ3n) is 2.12. The normalized spacial score (nSPS) is 15.1. The molecule has 0 radical (unpaired) electrons. The van der Waals surface area contributed by atoms with Gasteiger partial charge in [0.2, 0.25) is 6.93 Å². The molecule has 0 aliphatic carbocycles. The molecule has 0 bridgehead atoms. The molecule has 0 aromatic heterocycles. The van der Waals surface area contributed by atoms with Crippen molar-refractivity contribution < 1.29 is 13.2 Å². The number of piperidine rings is 1. The second-order valence-electron chi connectivity index (χ2n) is 3.49. The molecule has 2 N–H and O–H groups in total. The van der Waals surface area contributed by atoms with Crippen molar-refractivity contribution in [2.75, 3.05) is 20.0 Å². The molecule has 1 aromatic rings. The molecule has 5 heteroatoms. The molecule has 1 aliphatic heterocycles. The molecule has 17 heavy (non-hydrogen) atoms. The number of rotatable bonds is 0. The number of hydrogen-bond acceptors (Lipinski definition) is 2. The largest absolute Gasteiger partial charge is 0.269 e. The molecule has 1 saturated heterocycles. The highest BCUT2D eigenvalue weighted by Crippen LogP contribution is 2.03. The van der Waals surface area contributed by atoms with Gasteiger partial charge in [0.15, 0.2) is 0 Å². The number of nitrogens with two attached hydrogens (primary N) is 1. The molecule has 0 amide bonds. The summed E-state index contributed by atoms with van der Waals surface area (Å²) in [7, 11) is 0. The van der Waals surface area contributed by atoms with Gasteiger partial charge in [-0.15, -0.1) is 0 Å². The zero-order chi connectivity index (χ0) is 12.9. The Kier molecular flexibility index (Phi) is 10.7. The van der Waals surface area contributed by atoms with E-state index in [0.29, 0.717) is 0 Å². The number of benzene rings is 1. The number of halogens is 3. The first-order chi connectivity index (χ1) is 8.20. The van der Waals surface area contributed by atoms with Gasteiger partial charge in [-0.05, 0) is 25.0 Å². The maximum Gasteiger partial charge on any atom is 0.229 e. The minimum Gasteiger partial charge on any atom is -0.269 e. The van der Waals surface area contributed by atoms with Crippen LogP contribution in [-0.4, -0.2) is 25.0 Å². The van der Waals surface area contributed by atoms with Crippen LogP contribution in [-0.2, 0) is 0 Å². The maximum absolute atomic E-state index is 11.9. The Morgan fingerprint density at radius 1 is 1.00 bits per heavy atom. The van der Waals surface area contributed by atoms with Crippen molar-refractivity contribution in [3.05, 3.63) is 36.1 Å². The summed E-state index contributed by atoms with van der Waals surface area (Å²) in [5.74, 6) is 5.29. The highest BCUT2D eigenvalue weighted by atomic mass is 19.3. The minimum atomic E-state index is -1.75. The van der Waals surface area contributed by atoms with E-state index in [9.17, 15) is 13.2 Å². The number of nitrogens with zero attached hydrogens (tertiary/aromatic N) is 1. The van der Waals surface area contributed by atoms with Gasteiger partial charge in [0, 0.05) is 13.1 Å². The summed E-state index contributed by atoms with van der Waals surface area (Å²) in [6, 6.07) is 7.94. The van der Waals surface area contributed by atoms with E-state index >= 15 is 0 Å². The first-order valence-corrected chi connectivity index (χ1v) is 5.52. The maximum atomic E-state index is 11.9. The summed E-state index contributed by atoms with van der Waals surface area (Å²) >= 11 is 0. The Balaban J connectivity index is 0.000000247. The van der Waals surface area contributed by atoms with Crippen LogP contribution >= 0.6 is 0 Å². The van der Waals surface area contributed by atoms with Crippen LogP contribution in [0.1, 0.15) is 19.3 Å². The first-order valence-electron chi connectivity index (χ1n) is 5.52. The van der Waals surface area contributed by atoms with Gasteiger partial charge < -0.3 is 0 Å². The molecule has 1 aliphatic rings. The molecule has 0 saturated carbocycles. The fraction of sp³-hybridized carbons (Fsp3) is 0.500. The van der Waals surface area contributed by atoms with E-state index < -0.39 is 6.93 Å². The Bertz CT molecular complexity index is 251. The number of hydrazine groups is 1. The van der Waals surface area contributed by atoms with Gasteiger partial charge in [-0.2, -0.15) is 0 Å². The van der Waals surface area contributed by atoms with Crippen molar-refractivity contribution in [3.63, 3.8) is 0 Å². The van der Waals surface area contributed by atoms with Crippen molar-refractivity contribution in [1.29, 1.82) is 0 Å². The molecule has 2 rings (SSSR count). The first kappa shape index (κ1) is 15.9. The second-order valence-corrected chi connectivity index (χ2v) is 3.49. The lowest BCUT2D eigenvalue weighted by atomic mass is 10.2. The van der Waals surface area contributed by atoms with Crippen LogP contribution in [0.4, 0.5) is 13.2 Å². The summed E-state index contributed by atoms with van der Waals surface area (Å²) in [6.07, 6.45) is 3.95. The predicted octanol–water partition coefficient (Wildman–Crippen LogP) is 3.05. The fourth-order valence-electron chi connectivity index (χ4n) is 1.33. The van der Waals surface area contributed by atoms with E-state index in [2.05, 4.69) is 0 Å². The van der Waals surface area contributed by atoms with E-state index in [1.807, 2.05) is 5.01 Å². The second kappa shape index (κ2) is 11.4. The van der Waals surface area contributed by atoms with Crippen LogP contribution in [0.5, 0.6) is 0 Å². The summed E-state index contributed by atoms with van der Waals surface area (Å²) in [6.45, 7) is 0.444. The predicted molar refractivity (Wildman–Crippen MR) is 63.1 cm³/mol. The van der Waals surface area contributed by atoms with Crippen molar-refractivity contribution >= 4 is 0 Å². The Morgan fingerprint density at radius 3 is 1.71 bits per heavy atom. The van der Waals surface area contributed by atoms with Gasteiger partial charge in [-0.25, -0.2) is 18.2 Å². The summed E-state index contributed by atoms with van der Waals surface area (Å²) in [4.78, 5) is 0. The highest BCUT2D eigenvalue weighted by Gasteiger charge is 2.02. The van der Waals surface area contributed by atoms with Gasteiger partial charge in [0.25, 0.3) is 0 Å². The molecule has 1 aromatic carbocycles. The molecule has 98 valence electrons. The van der Waals surface area contributed by atoms with Gasteiger partial charge in [-0.1, -0.05) is 24.6 Å². The Hall–Kier alpha value is -1.07. The van der Waals surface area contributed by atoms with Gasteiger partial charge in [-0.3, -0.25) is 5.84 Å². The molecule has 1 heterocycles. The van der Waals surface area contributed by atoms with Crippen molar-refractivity contribution in [2.45, 2.75) is 19.3 Å². The third-order valence-corrected chi connectivity index (χ3v) is 2.12. The molecule has 0 atom stereocenters. The third kappa shape index (κ3) is 11.2. The van der Waals surface area contributed by atoms with E-state index in [1.165, 1.54) is 31.4 Å². The summed E-state index contributed by atoms with van der Waals surface area (Å²) in [5.41, 5.74) is 0. The van der Waals surface area contributed by atoms with Crippen LogP contribution in [0.25, 0.3) is 0 Å². The monoisotopic (exact) mass is 248 g/mol. The van der Waals surface area contributed by atoms with Crippen LogP contribution in [0.2, 0.25) is 0 Å². The quantitative estimate of drug-likeness (QED) is 0.715. The molecule has 1 fully saturated rings. The Morgan fingerprint density at radius 2 is 1.47 bits per heavy atom. The standard InChI is InChI=1S/C6H5F.C5H12N2.CH2F2/c7-6-4-2-1-3-5-6;6-7-4-2-1-3-5-7;2-1-3/h1-5H;1-6H2;1H2. The van der Waals surface area contributed by atoms with E-state index in [4.69, 9.17) is 5.84 Å². The highest BCUT2D eigenvalue weighted by molar-refractivity contribution is 5.02. The van der Waals surface area contributed by atoms with Crippen molar-refractivity contribution in [3.8, 4) is 0 Å². The molecule has 0 unspecified atom stereocenters. The van der Waals surface area contributed by atoms with Gasteiger partial charge >= 0.3 is 0 Å². The molecule has 2 nitrogen and oxygen atoms in total. The number of alkyl halides is 2. The van der Waals surface area contributed by atoms with Crippen LogP contribution in [0.15, 0.2) is 30.3 Å². The van der Waals surface area contributed by atoms with Gasteiger partial charge in [0.1, 0.15) is 5.82 Å². The lowest BCUT2D eigenvalue weighted by molar-refractivity contribution is 0.235. The summed E-state index contributed by atoms with van der Waals surface area (Å²) < 4.78 is 31.2. The van der Waals surface area contributed by atoms with Crippen LogP contribution in [0, 0.1) is 5.82 Å². The Labute approximate surface area is 100 Å². The number of hydrogen-bond donors (Lipinski definition) is 1. The molecular formula is C12H19F3N2. The van der Waals surface area contributed by atoms with Gasteiger partial charge in [0.05, 0.1) is 0 Å². The zero-order valence-electron chi connectivity index (χ0n) is 9.79. The zero-order valence-corrected chi connectivity index (χ0v) is 9.79. The topological polar surface area (TPSA) is 29.3 Å². The molecule has 0 spiro atoms. The molecular weight excluding hydrogens is 229 g/mol. The lowest BCUT2D eigenvalue weighted by Crippen LogP contribution is -2.35.